The second-order valence-corrected chi connectivity index (χ2v) is 4.44. The van der Waals surface area contributed by atoms with Crippen molar-refractivity contribution in [1.82, 2.24) is 5.32 Å². The van der Waals surface area contributed by atoms with Crippen LogP contribution in [0.5, 0.6) is 0 Å². The fraction of sp³-hybridized carbons (Fsp3) is 0.909. The number of alkyl halides is 3. The third-order valence-corrected chi connectivity index (χ3v) is 2.88. The molecule has 0 aliphatic rings. The Hall–Kier alpha value is -1.02. The molecule has 114 valence electrons. The molecule has 0 aromatic carbocycles. The average Bonchev–Trinajstić information content (AvgIpc) is 2.32. The molecule has 0 aromatic rings. The number of aliphatic hydroxyl groups excluding tert-OH is 1. The minimum absolute atomic E-state index is 0.00921. The van der Waals surface area contributed by atoms with Crippen molar-refractivity contribution in [2.24, 2.45) is 22.7 Å². The van der Waals surface area contributed by atoms with Gasteiger partial charge in [-0.1, -0.05) is 18.5 Å². The smallest absolute Gasteiger partial charge is 0.400 e. The Kier molecular flexibility index (Phi) is 8.49. The van der Waals surface area contributed by atoms with Gasteiger partial charge in [-0.15, -0.1) is 0 Å². The van der Waals surface area contributed by atoms with Gasteiger partial charge in [-0.3, -0.25) is 0 Å². The van der Waals surface area contributed by atoms with Crippen molar-refractivity contribution in [2.45, 2.75) is 32.4 Å². The topological polar surface area (TPSA) is 90.9 Å². The van der Waals surface area contributed by atoms with Crippen LogP contribution in [0.15, 0.2) is 5.16 Å². The van der Waals surface area contributed by atoms with E-state index in [1.165, 1.54) is 0 Å². The number of amidine groups is 1. The molecule has 0 amide bonds. The summed E-state index contributed by atoms with van der Waals surface area (Å²) in [7, 11) is 0. The molecule has 0 rings (SSSR count). The zero-order valence-electron chi connectivity index (χ0n) is 11.0. The normalized spacial score (nSPS) is 16.4. The van der Waals surface area contributed by atoms with Crippen LogP contribution >= 0.6 is 0 Å². The fourth-order valence-electron chi connectivity index (χ4n) is 1.83. The first kappa shape index (κ1) is 18.0. The van der Waals surface area contributed by atoms with Gasteiger partial charge in [-0.2, -0.15) is 13.2 Å². The summed E-state index contributed by atoms with van der Waals surface area (Å²) in [5.74, 6) is -2.74. The lowest BCUT2D eigenvalue weighted by Crippen LogP contribution is -2.43. The molecule has 2 atom stereocenters. The van der Waals surface area contributed by atoms with Gasteiger partial charge in [0.2, 0.25) is 0 Å². The van der Waals surface area contributed by atoms with Crippen LogP contribution < -0.4 is 11.1 Å². The molecule has 0 bridgehead atoms. The number of nitrogens with one attached hydrogen (secondary N) is 1. The van der Waals surface area contributed by atoms with Gasteiger partial charge in [-0.05, 0) is 25.3 Å². The molecule has 0 fully saturated rings. The first-order valence-corrected chi connectivity index (χ1v) is 6.22. The molecule has 5 nitrogen and oxygen atoms in total. The summed E-state index contributed by atoms with van der Waals surface area (Å²) in [6.07, 6.45) is -2.29. The van der Waals surface area contributed by atoms with E-state index in [4.69, 9.17) is 16.0 Å². The van der Waals surface area contributed by atoms with Crippen LogP contribution in [-0.4, -0.2) is 42.0 Å². The minimum Gasteiger partial charge on any atom is -0.409 e. The summed E-state index contributed by atoms with van der Waals surface area (Å²) >= 11 is 0. The summed E-state index contributed by atoms with van der Waals surface area (Å²) in [5, 5.41) is 22.3. The third kappa shape index (κ3) is 7.22. The lowest BCUT2D eigenvalue weighted by atomic mass is 9.99. The number of nitrogens with zero attached hydrogens (tertiary/aromatic N) is 1. The minimum atomic E-state index is -4.56. The molecule has 19 heavy (non-hydrogen) atoms. The van der Waals surface area contributed by atoms with Gasteiger partial charge >= 0.3 is 6.18 Å². The van der Waals surface area contributed by atoms with Gasteiger partial charge in [0, 0.05) is 13.2 Å². The summed E-state index contributed by atoms with van der Waals surface area (Å²) in [4.78, 5) is 0. The van der Waals surface area contributed by atoms with Crippen LogP contribution in [0, 0.1) is 11.8 Å². The van der Waals surface area contributed by atoms with E-state index in [2.05, 4.69) is 10.5 Å². The molecule has 0 saturated heterocycles. The molecule has 5 N–H and O–H groups in total. The first-order chi connectivity index (χ1) is 8.86. The first-order valence-electron chi connectivity index (χ1n) is 6.22. The fourth-order valence-corrected chi connectivity index (χ4v) is 1.83. The highest BCUT2D eigenvalue weighted by atomic mass is 19.4. The van der Waals surface area contributed by atoms with Gasteiger partial charge in [-0.25, -0.2) is 0 Å². The lowest BCUT2D eigenvalue weighted by Gasteiger charge is -2.21. The van der Waals surface area contributed by atoms with E-state index in [-0.39, 0.29) is 12.5 Å². The second-order valence-electron chi connectivity index (χ2n) is 4.44. The standard InChI is InChI=1S/C11H22F3N3O2/c1-2-3-8(4-5-18)6-16-7-9(10(15)17-19)11(12,13)14/h8-9,16,18-19H,2-7H2,1H3,(H2,15,17). The average molecular weight is 285 g/mol. The van der Waals surface area contributed by atoms with Gasteiger partial charge in [0.1, 0.15) is 5.92 Å². The largest absolute Gasteiger partial charge is 0.409 e. The van der Waals surface area contributed by atoms with E-state index in [1.807, 2.05) is 6.92 Å². The molecule has 2 unspecified atom stereocenters. The van der Waals surface area contributed by atoms with Crippen molar-refractivity contribution in [2.75, 3.05) is 19.7 Å². The van der Waals surface area contributed by atoms with Crippen molar-refractivity contribution in [3.05, 3.63) is 0 Å². The number of hydrogen-bond acceptors (Lipinski definition) is 4. The lowest BCUT2D eigenvalue weighted by molar-refractivity contribution is -0.155. The van der Waals surface area contributed by atoms with E-state index in [0.29, 0.717) is 13.0 Å². The van der Waals surface area contributed by atoms with Gasteiger partial charge in [0.05, 0.1) is 0 Å². The predicted molar refractivity (Wildman–Crippen MR) is 65.9 cm³/mol. The van der Waals surface area contributed by atoms with Crippen molar-refractivity contribution >= 4 is 5.84 Å². The molecule has 0 aromatic heterocycles. The van der Waals surface area contributed by atoms with Crippen LogP contribution in [-0.2, 0) is 0 Å². The van der Waals surface area contributed by atoms with Gasteiger partial charge in [0.25, 0.3) is 0 Å². The highest BCUT2D eigenvalue weighted by Crippen LogP contribution is 2.26. The highest BCUT2D eigenvalue weighted by molar-refractivity contribution is 5.83. The molecular weight excluding hydrogens is 263 g/mol. The van der Waals surface area contributed by atoms with Gasteiger partial charge in [0.15, 0.2) is 5.84 Å². The summed E-state index contributed by atoms with van der Waals surface area (Å²) in [6.45, 7) is 1.90. The quantitative estimate of drug-likeness (QED) is 0.222. The summed E-state index contributed by atoms with van der Waals surface area (Å²) in [6, 6.07) is 0. The Morgan fingerprint density at radius 1 is 1.32 bits per heavy atom. The Labute approximate surface area is 110 Å². The number of hydrogen-bond donors (Lipinski definition) is 4. The Balaban J connectivity index is 4.32. The molecule has 0 heterocycles. The molecule has 8 heteroatoms. The zero-order chi connectivity index (χ0) is 14.9. The van der Waals surface area contributed by atoms with Crippen molar-refractivity contribution in [3.63, 3.8) is 0 Å². The van der Waals surface area contributed by atoms with Crippen LogP contribution in [0.2, 0.25) is 0 Å². The maximum Gasteiger partial charge on any atom is 0.400 e. The van der Waals surface area contributed by atoms with E-state index in [0.717, 1.165) is 12.8 Å². The Morgan fingerprint density at radius 2 is 1.95 bits per heavy atom. The third-order valence-electron chi connectivity index (χ3n) is 2.88. The molecule has 0 aliphatic heterocycles. The molecule has 0 spiro atoms. The van der Waals surface area contributed by atoms with E-state index >= 15 is 0 Å². The number of oxime groups is 1. The van der Waals surface area contributed by atoms with E-state index < -0.39 is 24.5 Å². The second kappa shape index (κ2) is 8.98. The summed E-state index contributed by atoms with van der Waals surface area (Å²) in [5.41, 5.74) is 5.04. The Bertz CT molecular complexity index is 266. The number of rotatable bonds is 9. The maximum absolute atomic E-state index is 12.6. The SMILES string of the molecule is CCCC(CCO)CNCC(C(N)=NO)C(F)(F)F. The summed E-state index contributed by atoms with van der Waals surface area (Å²) < 4.78 is 37.9. The zero-order valence-corrected chi connectivity index (χ0v) is 11.0. The monoisotopic (exact) mass is 285 g/mol. The number of halogens is 3. The predicted octanol–water partition coefficient (Wildman–Crippen LogP) is 1.30. The van der Waals surface area contributed by atoms with Crippen molar-refractivity contribution in [3.8, 4) is 0 Å². The van der Waals surface area contributed by atoms with Crippen molar-refractivity contribution < 1.29 is 23.5 Å². The van der Waals surface area contributed by atoms with Crippen molar-refractivity contribution in [1.29, 1.82) is 0 Å². The number of aliphatic hydroxyl groups is 1. The number of nitrogens with two attached hydrogens (primary N) is 1. The van der Waals surface area contributed by atoms with Gasteiger partial charge < -0.3 is 21.4 Å². The van der Waals surface area contributed by atoms with E-state index in [1.54, 1.807) is 0 Å². The van der Waals surface area contributed by atoms with E-state index in [9.17, 15) is 13.2 Å². The molecule has 0 aliphatic carbocycles. The van der Waals surface area contributed by atoms with Crippen LogP contribution in [0.25, 0.3) is 0 Å². The maximum atomic E-state index is 12.6. The van der Waals surface area contributed by atoms with Crippen LogP contribution in [0.1, 0.15) is 26.2 Å². The highest BCUT2D eigenvalue weighted by Gasteiger charge is 2.42. The molecule has 0 radical (unpaired) electrons. The molecule has 0 saturated carbocycles. The van der Waals surface area contributed by atoms with Crippen LogP contribution in [0.3, 0.4) is 0 Å². The van der Waals surface area contributed by atoms with Crippen LogP contribution in [0.4, 0.5) is 13.2 Å². The molecular formula is C11H22F3N3O2. The Morgan fingerprint density at radius 3 is 2.37 bits per heavy atom.